The Morgan fingerprint density at radius 2 is 2.40 bits per heavy atom. The lowest BCUT2D eigenvalue weighted by molar-refractivity contribution is 0.616. The Hall–Kier alpha value is -1.27. The van der Waals surface area contributed by atoms with Gasteiger partial charge in [-0.2, -0.15) is 5.26 Å². The second-order valence-electron chi connectivity index (χ2n) is 4.08. The lowest BCUT2D eigenvalue weighted by Crippen LogP contribution is -2.09. The summed E-state index contributed by atoms with van der Waals surface area (Å²) in [7, 11) is 0. The number of hydrogen-bond acceptors (Lipinski definition) is 3. The molecule has 15 heavy (non-hydrogen) atoms. The minimum atomic E-state index is 0.344. The third-order valence-electron chi connectivity index (χ3n) is 3.00. The molecule has 1 aromatic rings. The monoisotopic (exact) mass is 218 g/mol. The smallest absolute Gasteiger partial charge is 0.104 e. The third-order valence-corrected chi connectivity index (χ3v) is 4.10. The number of nitrogens with zero attached hydrogens (tertiary/aromatic N) is 1. The molecule has 0 aromatic carbocycles. The summed E-state index contributed by atoms with van der Waals surface area (Å²) < 4.78 is 0. The minimum absolute atomic E-state index is 0.344. The van der Waals surface area contributed by atoms with E-state index in [9.17, 15) is 0 Å². The first-order valence-corrected chi connectivity index (χ1v) is 5.93. The normalized spacial score (nSPS) is 19.3. The molecule has 2 N–H and O–H groups in total. The molecule has 0 aliphatic heterocycles. The SMILES string of the molecule is C=C(C)[C@H]1CCCc2sc(N)c(C#N)c21. The van der Waals surface area contributed by atoms with Crippen LogP contribution in [0.1, 0.15) is 41.7 Å². The summed E-state index contributed by atoms with van der Waals surface area (Å²) in [5.74, 6) is 0.344. The van der Waals surface area contributed by atoms with Crippen LogP contribution in [0.25, 0.3) is 0 Å². The van der Waals surface area contributed by atoms with Gasteiger partial charge in [-0.05, 0) is 31.7 Å². The lowest BCUT2D eigenvalue weighted by Gasteiger charge is -2.23. The average Bonchev–Trinajstić information content (AvgIpc) is 2.52. The minimum Gasteiger partial charge on any atom is -0.389 e. The Balaban J connectivity index is 2.59. The molecule has 2 rings (SSSR count). The van der Waals surface area contributed by atoms with E-state index in [1.165, 1.54) is 16.9 Å². The Labute approximate surface area is 94.0 Å². The van der Waals surface area contributed by atoms with Gasteiger partial charge < -0.3 is 5.73 Å². The van der Waals surface area contributed by atoms with Gasteiger partial charge in [0.1, 0.15) is 11.1 Å². The van der Waals surface area contributed by atoms with Crippen LogP contribution >= 0.6 is 11.3 Å². The standard InChI is InChI=1S/C12H14N2S/c1-7(2)8-4-3-5-10-11(8)9(6-13)12(14)15-10/h8H,1,3-5,14H2,2H3/t8-/m1/s1. The van der Waals surface area contributed by atoms with Crippen molar-refractivity contribution in [3.63, 3.8) is 0 Å². The number of anilines is 1. The van der Waals surface area contributed by atoms with E-state index in [1.807, 2.05) is 6.92 Å². The summed E-state index contributed by atoms with van der Waals surface area (Å²) in [6, 6.07) is 2.23. The zero-order valence-corrected chi connectivity index (χ0v) is 9.66. The fourth-order valence-electron chi connectivity index (χ4n) is 2.28. The first-order valence-electron chi connectivity index (χ1n) is 5.11. The van der Waals surface area contributed by atoms with E-state index in [2.05, 4.69) is 12.6 Å². The van der Waals surface area contributed by atoms with Crippen LogP contribution in [0, 0.1) is 11.3 Å². The highest BCUT2D eigenvalue weighted by Gasteiger charge is 2.27. The van der Waals surface area contributed by atoms with Crippen molar-refractivity contribution in [1.29, 1.82) is 5.26 Å². The van der Waals surface area contributed by atoms with Gasteiger partial charge in [0.05, 0.1) is 5.56 Å². The maximum Gasteiger partial charge on any atom is 0.104 e. The number of nitrogen functional groups attached to an aromatic ring is 1. The maximum absolute atomic E-state index is 9.11. The molecule has 0 saturated heterocycles. The molecule has 0 radical (unpaired) electrons. The van der Waals surface area contributed by atoms with Crippen LogP contribution in [-0.2, 0) is 6.42 Å². The average molecular weight is 218 g/mol. The molecule has 0 fully saturated rings. The largest absolute Gasteiger partial charge is 0.389 e. The Morgan fingerprint density at radius 3 is 3.00 bits per heavy atom. The molecule has 1 heterocycles. The van der Waals surface area contributed by atoms with Crippen molar-refractivity contribution >= 4 is 16.3 Å². The van der Waals surface area contributed by atoms with Crippen LogP contribution in [0.3, 0.4) is 0 Å². The van der Waals surface area contributed by atoms with E-state index in [-0.39, 0.29) is 0 Å². The Morgan fingerprint density at radius 1 is 1.67 bits per heavy atom. The molecule has 78 valence electrons. The van der Waals surface area contributed by atoms with E-state index in [1.54, 1.807) is 11.3 Å². The number of thiophene rings is 1. The highest BCUT2D eigenvalue weighted by Crippen LogP contribution is 2.44. The van der Waals surface area contributed by atoms with Gasteiger partial charge in [0.2, 0.25) is 0 Å². The molecular formula is C12H14N2S. The second-order valence-corrected chi connectivity index (χ2v) is 5.22. The lowest BCUT2D eigenvalue weighted by atomic mass is 9.81. The van der Waals surface area contributed by atoms with Gasteiger partial charge >= 0.3 is 0 Å². The Kier molecular flexibility index (Phi) is 2.54. The van der Waals surface area contributed by atoms with Gasteiger partial charge in [-0.3, -0.25) is 0 Å². The molecule has 1 aliphatic carbocycles. The molecule has 1 aliphatic rings. The van der Waals surface area contributed by atoms with Crippen molar-refractivity contribution in [2.75, 3.05) is 5.73 Å². The summed E-state index contributed by atoms with van der Waals surface area (Å²) in [5.41, 5.74) is 8.87. The highest BCUT2D eigenvalue weighted by molar-refractivity contribution is 7.16. The van der Waals surface area contributed by atoms with Crippen LogP contribution in [-0.4, -0.2) is 0 Å². The molecule has 0 unspecified atom stereocenters. The van der Waals surface area contributed by atoms with Crippen molar-refractivity contribution in [3.8, 4) is 6.07 Å². The topological polar surface area (TPSA) is 49.8 Å². The van der Waals surface area contributed by atoms with E-state index in [0.717, 1.165) is 18.4 Å². The molecular weight excluding hydrogens is 204 g/mol. The van der Waals surface area contributed by atoms with Gasteiger partial charge in [0.15, 0.2) is 0 Å². The fraction of sp³-hybridized carbons (Fsp3) is 0.417. The Bertz CT molecular complexity index is 451. The molecule has 2 nitrogen and oxygen atoms in total. The number of allylic oxidation sites excluding steroid dienone is 1. The molecule has 0 bridgehead atoms. The number of hydrogen-bond donors (Lipinski definition) is 1. The van der Waals surface area contributed by atoms with Crippen molar-refractivity contribution in [2.45, 2.75) is 32.1 Å². The number of aryl methyl sites for hydroxylation is 1. The zero-order chi connectivity index (χ0) is 11.0. The van der Waals surface area contributed by atoms with Crippen LogP contribution in [0.2, 0.25) is 0 Å². The van der Waals surface area contributed by atoms with Crippen LogP contribution in [0.15, 0.2) is 12.2 Å². The van der Waals surface area contributed by atoms with Gasteiger partial charge in [0, 0.05) is 10.8 Å². The van der Waals surface area contributed by atoms with Crippen molar-refractivity contribution in [2.24, 2.45) is 0 Å². The molecule has 1 aromatic heterocycles. The first kappa shape index (κ1) is 10.3. The van der Waals surface area contributed by atoms with Crippen molar-refractivity contribution in [1.82, 2.24) is 0 Å². The van der Waals surface area contributed by atoms with Crippen LogP contribution in [0.4, 0.5) is 5.00 Å². The van der Waals surface area contributed by atoms with Gasteiger partial charge in [0.25, 0.3) is 0 Å². The van der Waals surface area contributed by atoms with Crippen LogP contribution < -0.4 is 5.73 Å². The summed E-state index contributed by atoms with van der Waals surface area (Å²) in [6.45, 7) is 6.05. The molecule has 3 heteroatoms. The summed E-state index contributed by atoms with van der Waals surface area (Å²) in [5, 5.41) is 9.79. The summed E-state index contributed by atoms with van der Waals surface area (Å²) >= 11 is 1.58. The van der Waals surface area contributed by atoms with Crippen LogP contribution in [0.5, 0.6) is 0 Å². The highest BCUT2D eigenvalue weighted by atomic mass is 32.1. The van der Waals surface area contributed by atoms with Gasteiger partial charge in [-0.1, -0.05) is 12.2 Å². The van der Waals surface area contributed by atoms with E-state index >= 15 is 0 Å². The second kappa shape index (κ2) is 3.71. The van der Waals surface area contributed by atoms with Crippen molar-refractivity contribution in [3.05, 3.63) is 28.2 Å². The summed E-state index contributed by atoms with van der Waals surface area (Å²) in [6.07, 6.45) is 3.35. The number of fused-ring (bicyclic) bond motifs is 1. The zero-order valence-electron chi connectivity index (χ0n) is 8.84. The fourth-order valence-corrected chi connectivity index (χ4v) is 3.41. The predicted molar refractivity (Wildman–Crippen MR) is 63.9 cm³/mol. The molecule has 0 saturated carbocycles. The summed E-state index contributed by atoms with van der Waals surface area (Å²) in [4.78, 5) is 1.29. The van der Waals surface area contributed by atoms with Gasteiger partial charge in [-0.25, -0.2) is 0 Å². The van der Waals surface area contributed by atoms with Crippen molar-refractivity contribution < 1.29 is 0 Å². The number of rotatable bonds is 1. The first-order chi connectivity index (χ1) is 7.15. The van der Waals surface area contributed by atoms with E-state index in [4.69, 9.17) is 11.0 Å². The van der Waals surface area contributed by atoms with Gasteiger partial charge in [-0.15, -0.1) is 11.3 Å². The number of nitrogens with two attached hydrogens (primary N) is 1. The molecule has 0 spiro atoms. The predicted octanol–water partition coefficient (Wildman–Crippen LogP) is 3.20. The van der Waals surface area contributed by atoms with E-state index < -0.39 is 0 Å². The van der Waals surface area contributed by atoms with E-state index in [0.29, 0.717) is 16.5 Å². The number of nitriles is 1. The molecule has 1 atom stereocenters. The third kappa shape index (κ3) is 1.55. The maximum atomic E-state index is 9.11. The quantitative estimate of drug-likeness (QED) is 0.736. The molecule has 0 amide bonds.